The second kappa shape index (κ2) is 7.90. The molecule has 1 aliphatic rings. The summed E-state index contributed by atoms with van der Waals surface area (Å²) in [5.41, 5.74) is 1.60. The first-order valence-corrected chi connectivity index (χ1v) is 9.20. The number of benzene rings is 2. The van der Waals surface area contributed by atoms with Crippen molar-refractivity contribution in [1.82, 2.24) is 0 Å². The molecule has 2 atom stereocenters. The molecule has 0 aromatic heterocycles. The van der Waals surface area contributed by atoms with Crippen LogP contribution in [0.2, 0.25) is 0 Å². The van der Waals surface area contributed by atoms with Crippen molar-refractivity contribution in [3.8, 4) is 0 Å². The largest absolute Gasteiger partial charge is 0.364 e. The van der Waals surface area contributed by atoms with Gasteiger partial charge in [-0.05, 0) is 44.4 Å². The molecular weight excluding hydrogens is 354 g/mol. The van der Waals surface area contributed by atoms with Crippen LogP contribution in [0.25, 0.3) is 6.08 Å². The highest BCUT2D eigenvalue weighted by Crippen LogP contribution is 2.34. The first-order valence-electron chi connectivity index (χ1n) is 9.20. The van der Waals surface area contributed by atoms with Gasteiger partial charge in [0.05, 0.1) is 16.6 Å². The van der Waals surface area contributed by atoms with Crippen LogP contribution >= 0.6 is 0 Å². The number of ketones is 1. The summed E-state index contributed by atoms with van der Waals surface area (Å²) in [6.45, 7) is 7.92. The van der Waals surface area contributed by atoms with Crippen LogP contribution in [0.1, 0.15) is 48.2 Å². The second-order valence-corrected chi connectivity index (χ2v) is 7.37. The van der Waals surface area contributed by atoms with Gasteiger partial charge >= 0.3 is 0 Å². The highest BCUT2D eigenvalue weighted by molar-refractivity contribution is 6.11. The lowest BCUT2D eigenvalue weighted by molar-refractivity contribution is -0.385. The lowest BCUT2D eigenvalue weighted by Crippen LogP contribution is -2.22. The molecule has 1 heterocycles. The van der Waals surface area contributed by atoms with Gasteiger partial charge in [-0.25, -0.2) is 0 Å². The summed E-state index contributed by atoms with van der Waals surface area (Å²) in [5.74, 6) is -0.367. The van der Waals surface area contributed by atoms with E-state index in [1.807, 2.05) is 26.0 Å². The molecule has 144 valence electrons. The summed E-state index contributed by atoms with van der Waals surface area (Å²) in [6, 6.07) is 13.2. The molecule has 5 heteroatoms. The number of carbonyl (C=O) groups is 1. The second-order valence-electron chi connectivity index (χ2n) is 7.37. The Morgan fingerprint density at radius 1 is 1.29 bits per heavy atom. The van der Waals surface area contributed by atoms with Gasteiger partial charge in [0.25, 0.3) is 5.69 Å². The fraction of sp³-hybridized carbons (Fsp3) is 0.261. The van der Waals surface area contributed by atoms with Crippen molar-refractivity contribution in [3.63, 3.8) is 0 Å². The predicted octanol–water partition coefficient (Wildman–Crippen LogP) is 5.35. The van der Waals surface area contributed by atoms with Crippen LogP contribution in [0, 0.1) is 10.1 Å². The fourth-order valence-corrected chi connectivity index (χ4v) is 3.35. The van der Waals surface area contributed by atoms with Crippen LogP contribution in [-0.4, -0.2) is 22.4 Å². The van der Waals surface area contributed by atoms with E-state index in [1.165, 1.54) is 6.07 Å². The summed E-state index contributed by atoms with van der Waals surface area (Å²) in [6.07, 6.45) is 5.62. The zero-order valence-electron chi connectivity index (χ0n) is 16.1. The lowest BCUT2D eigenvalue weighted by atomic mass is 9.97. The molecule has 28 heavy (non-hydrogen) atoms. The quantitative estimate of drug-likeness (QED) is 0.294. The topological polar surface area (TPSA) is 69.4 Å². The monoisotopic (exact) mass is 377 g/mol. The molecule has 5 nitrogen and oxygen atoms in total. The number of hydrogen-bond donors (Lipinski definition) is 0. The Kier molecular flexibility index (Phi) is 5.56. The molecule has 2 aromatic rings. The van der Waals surface area contributed by atoms with Crippen molar-refractivity contribution in [3.05, 3.63) is 93.6 Å². The molecule has 2 aromatic carbocycles. The van der Waals surface area contributed by atoms with Crippen molar-refractivity contribution in [2.75, 3.05) is 0 Å². The third-order valence-corrected chi connectivity index (χ3v) is 4.99. The molecule has 0 aliphatic carbocycles. The summed E-state index contributed by atoms with van der Waals surface area (Å²) in [5, 5.41) is 11.4. The van der Waals surface area contributed by atoms with Crippen molar-refractivity contribution < 1.29 is 14.5 Å². The van der Waals surface area contributed by atoms with Gasteiger partial charge in [-0.3, -0.25) is 14.9 Å². The van der Waals surface area contributed by atoms with E-state index < -0.39 is 10.5 Å². The number of rotatable bonds is 6. The minimum atomic E-state index is -0.525. The Morgan fingerprint density at radius 2 is 2.00 bits per heavy atom. The van der Waals surface area contributed by atoms with Crippen LogP contribution in [0.4, 0.5) is 5.69 Å². The fourth-order valence-electron chi connectivity index (χ4n) is 3.35. The Hall–Kier alpha value is -3.05. The van der Waals surface area contributed by atoms with Crippen LogP contribution in [-0.2, 0) is 4.74 Å². The standard InChI is InChI=1S/C23H23NO4/c1-16(2)21-12-14-23(3,28-21)13-11-17-9-10-20(24(26)27)19(15-17)22(25)18-7-5-4-6-8-18/h4-11,13,15,21H,1,12,14H2,2-3H3/b13-11+. The van der Waals surface area contributed by atoms with E-state index in [4.69, 9.17) is 4.74 Å². The summed E-state index contributed by atoms with van der Waals surface area (Å²) in [7, 11) is 0. The molecule has 0 amide bonds. The smallest absolute Gasteiger partial charge is 0.280 e. The van der Waals surface area contributed by atoms with Crippen LogP contribution in [0.3, 0.4) is 0 Å². The van der Waals surface area contributed by atoms with Gasteiger partial charge in [0.2, 0.25) is 0 Å². The van der Waals surface area contributed by atoms with Crippen LogP contribution in [0.15, 0.2) is 66.8 Å². The van der Waals surface area contributed by atoms with Gasteiger partial charge in [0.15, 0.2) is 5.78 Å². The van der Waals surface area contributed by atoms with Crippen molar-refractivity contribution in [1.29, 1.82) is 0 Å². The Balaban J connectivity index is 1.90. The molecule has 1 aliphatic heterocycles. The lowest BCUT2D eigenvalue weighted by Gasteiger charge is -2.21. The molecule has 0 saturated carbocycles. The number of carbonyl (C=O) groups excluding carboxylic acids is 1. The average Bonchev–Trinajstić information content (AvgIpc) is 3.09. The third-order valence-electron chi connectivity index (χ3n) is 4.99. The van der Waals surface area contributed by atoms with E-state index in [0.29, 0.717) is 11.1 Å². The minimum absolute atomic E-state index is 0.0433. The Labute approximate surface area is 164 Å². The van der Waals surface area contributed by atoms with Crippen molar-refractivity contribution in [2.45, 2.75) is 38.4 Å². The first kappa shape index (κ1) is 19.7. The molecule has 1 saturated heterocycles. The summed E-state index contributed by atoms with van der Waals surface area (Å²) >= 11 is 0. The van der Waals surface area contributed by atoms with Gasteiger partial charge < -0.3 is 4.74 Å². The highest BCUT2D eigenvalue weighted by Gasteiger charge is 2.34. The number of nitro benzene ring substituents is 1. The third kappa shape index (κ3) is 4.26. The van der Waals surface area contributed by atoms with E-state index in [2.05, 4.69) is 6.58 Å². The minimum Gasteiger partial charge on any atom is -0.364 e. The Bertz CT molecular complexity index is 948. The average molecular weight is 377 g/mol. The highest BCUT2D eigenvalue weighted by atomic mass is 16.6. The number of nitro groups is 1. The van der Waals surface area contributed by atoms with Crippen molar-refractivity contribution in [2.24, 2.45) is 0 Å². The zero-order chi connectivity index (χ0) is 20.3. The summed E-state index contributed by atoms with van der Waals surface area (Å²) < 4.78 is 6.08. The molecular formula is C23H23NO4. The van der Waals surface area contributed by atoms with Gasteiger partial charge in [-0.1, -0.05) is 54.6 Å². The molecule has 0 bridgehead atoms. The van der Waals surface area contributed by atoms with E-state index in [0.717, 1.165) is 18.4 Å². The molecule has 0 spiro atoms. The molecule has 2 unspecified atom stereocenters. The zero-order valence-corrected chi connectivity index (χ0v) is 16.1. The number of hydrogen-bond acceptors (Lipinski definition) is 4. The van der Waals surface area contributed by atoms with Crippen LogP contribution in [0.5, 0.6) is 0 Å². The molecule has 0 radical (unpaired) electrons. The molecule has 1 fully saturated rings. The number of nitrogens with zero attached hydrogens (tertiary/aromatic N) is 1. The van der Waals surface area contributed by atoms with E-state index in [9.17, 15) is 14.9 Å². The number of ether oxygens (including phenoxy) is 1. The maximum Gasteiger partial charge on any atom is 0.280 e. The predicted molar refractivity (Wildman–Crippen MR) is 109 cm³/mol. The Morgan fingerprint density at radius 3 is 2.61 bits per heavy atom. The SMILES string of the molecule is C=C(C)C1CCC(C)(/C=C/c2ccc([N+](=O)[O-])c(C(=O)c3ccccc3)c2)O1. The van der Waals surface area contributed by atoms with Gasteiger partial charge in [-0.15, -0.1) is 0 Å². The van der Waals surface area contributed by atoms with Crippen molar-refractivity contribution >= 4 is 17.5 Å². The van der Waals surface area contributed by atoms with E-state index in [1.54, 1.807) is 42.5 Å². The molecule has 3 rings (SSSR count). The summed E-state index contributed by atoms with van der Waals surface area (Å²) in [4.78, 5) is 23.7. The van der Waals surface area contributed by atoms with Gasteiger partial charge in [0, 0.05) is 11.6 Å². The van der Waals surface area contributed by atoms with E-state index >= 15 is 0 Å². The first-order chi connectivity index (χ1) is 13.3. The van der Waals surface area contributed by atoms with Gasteiger partial charge in [-0.2, -0.15) is 0 Å². The van der Waals surface area contributed by atoms with E-state index in [-0.39, 0.29) is 23.1 Å². The van der Waals surface area contributed by atoms with Gasteiger partial charge in [0.1, 0.15) is 5.56 Å². The normalized spacial score (nSPS) is 21.7. The maximum absolute atomic E-state index is 12.8. The molecule has 0 N–H and O–H groups in total. The van der Waals surface area contributed by atoms with Crippen LogP contribution < -0.4 is 0 Å². The maximum atomic E-state index is 12.8.